The molecular formula is C18H24N6O2. The highest BCUT2D eigenvalue weighted by Gasteiger charge is 2.22. The highest BCUT2D eigenvalue weighted by Crippen LogP contribution is 2.17. The van der Waals surface area contributed by atoms with Gasteiger partial charge in [-0.15, -0.1) is 10.2 Å². The van der Waals surface area contributed by atoms with Crippen LogP contribution < -0.4 is 11.1 Å². The summed E-state index contributed by atoms with van der Waals surface area (Å²) in [5, 5.41) is 11.0. The van der Waals surface area contributed by atoms with Crippen LogP contribution in [0.15, 0.2) is 30.6 Å². The molecule has 2 amide bonds. The second-order valence-electron chi connectivity index (χ2n) is 6.76. The van der Waals surface area contributed by atoms with Crippen LogP contribution in [-0.4, -0.2) is 51.1 Å². The van der Waals surface area contributed by atoms with Crippen molar-refractivity contribution in [1.29, 1.82) is 0 Å². The Morgan fingerprint density at radius 2 is 2.15 bits per heavy atom. The zero-order valence-electron chi connectivity index (χ0n) is 14.9. The van der Waals surface area contributed by atoms with Crippen molar-refractivity contribution in [2.24, 2.45) is 18.7 Å². The lowest BCUT2D eigenvalue weighted by atomic mass is 9.97. The molecule has 1 saturated heterocycles. The van der Waals surface area contributed by atoms with Crippen LogP contribution in [0.5, 0.6) is 0 Å². The van der Waals surface area contributed by atoms with Gasteiger partial charge in [0.15, 0.2) is 0 Å². The number of amides is 2. The zero-order chi connectivity index (χ0) is 18.5. The summed E-state index contributed by atoms with van der Waals surface area (Å²) in [5.41, 5.74) is 6.06. The summed E-state index contributed by atoms with van der Waals surface area (Å²) in [5.74, 6) is 0.614. The Morgan fingerprint density at radius 3 is 2.88 bits per heavy atom. The number of rotatable bonds is 6. The van der Waals surface area contributed by atoms with Crippen LogP contribution >= 0.6 is 0 Å². The molecule has 1 fully saturated rings. The third-order valence-electron chi connectivity index (χ3n) is 4.73. The zero-order valence-corrected chi connectivity index (χ0v) is 14.9. The van der Waals surface area contributed by atoms with E-state index in [0.29, 0.717) is 23.6 Å². The predicted octanol–water partition coefficient (Wildman–Crippen LogP) is 0.556. The number of carbonyl (C=O) groups is 2. The molecule has 1 atom stereocenters. The van der Waals surface area contributed by atoms with Gasteiger partial charge in [-0.2, -0.15) is 0 Å². The predicted molar refractivity (Wildman–Crippen MR) is 96.3 cm³/mol. The fourth-order valence-corrected chi connectivity index (χ4v) is 3.26. The first-order valence-electron chi connectivity index (χ1n) is 8.76. The number of hydrogen-bond acceptors (Lipinski definition) is 5. The number of carbonyl (C=O) groups excluding carboxylic acids is 2. The summed E-state index contributed by atoms with van der Waals surface area (Å²) in [7, 11) is 1.94. The summed E-state index contributed by atoms with van der Waals surface area (Å²) in [4.78, 5) is 25.9. The second kappa shape index (κ2) is 8.09. The fourth-order valence-electron chi connectivity index (χ4n) is 3.26. The third-order valence-corrected chi connectivity index (χ3v) is 4.73. The Bertz CT molecular complexity index is 787. The molecule has 1 aliphatic heterocycles. The van der Waals surface area contributed by atoms with Crippen molar-refractivity contribution in [3.8, 4) is 0 Å². The maximum absolute atomic E-state index is 12.3. The number of aryl methyl sites for hydroxylation is 1. The molecule has 3 N–H and O–H groups in total. The standard InChI is InChI=1S/C18H24N6O2/c1-23-12-21-22-16(23)11-24-7-3-4-13(10-24)9-20-18(26)15-6-2-5-14(8-15)17(19)25/h2,5-6,8,12-13H,3-4,7,9-11H2,1H3,(H2,19,25)(H,20,26). The van der Waals surface area contributed by atoms with Crippen LogP contribution in [0.3, 0.4) is 0 Å². The van der Waals surface area contributed by atoms with Gasteiger partial charge in [-0.25, -0.2) is 0 Å². The smallest absolute Gasteiger partial charge is 0.251 e. The molecule has 1 aliphatic rings. The van der Waals surface area contributed by atoms with E-state index in [9.17, 15) is 9.59 Å². The summed E-state index contributed by atoms with van der Waals surface area (Å²) in [6.07, 6.45) is 3.88. The molecule has 8 heteroatoms. The van der Waals surface area contributed by atoms with E-state index in [4.69, 9.17) is 5.73 Å². The average molecular weight is 356 g/mol. The molecule has 0 spiro atoms. The normalized spacial score (nSPS) is 17.8. The molecule has 0 radical (unpaired) electrons. The van der Waals surface area contributed by atoms with Crippen LogP contribution in [0.4, 0.5) is 0 Å². The second-order valence-corrected chi connectivity index (χ2v) is 6.76. The van der Waals surface area contributed by atoms with E-state index in [0.717, 1.165) is 38.3 Å². The lowest BCUT2D eigenvalue weighted by Gasteiger charge is -2.32. The number of nitrogens with two attached hydrogens (primary N) is 1. The molecule has 0 aliphatic carbocycles. The van der Waals surface area contributed by atoms with Gasteiger partial charge < -0.3 is 15.6 Å². The van der Waals surface area contributed by atoms with Gasteiger partial charge in [-0.3, -0.25) is 14.5 Å². The van der Waals surface area contributed by atoms with Crippen LogP contribution in [0.2, 0.25) is 0 Å². The van der Waals surface area contributed by atoms with E-state index in [2.05, 4.69) is 20.4 Å². The van der Waals surface area contributed by atoms with Crippen LogP contribution in [0.1, 0.15) is 39.4 Å². The number of hydrogen-bond donors (Lipinski definition) is 2. The van der Waals surface area contributed by atoms with Gasteiger partial charge in [-0.05, 0) is 43.5 Å². The molecule has 0 bridgehead atoms. The number of piperidine rings is 1. The monoisotopic (exact) mass is 356 g/mol. The third kappa shape index (κ3) is 4.45. The van der Waals surface area contributed by atoms with Crippen molar-refractivity contribution in [2.75, 3.05) is 19.6 Å². The number of benzene rings is 1. The van der Waals surface area contributed by atoms with Gasteiger partial charge in [0.2, 0.25) is 5.91 Å². The Kier molecular flexibility index (Phi) is 5.62. The first kappa shape index (κ1) is 18.1. The maximum atomic E-state index is 12.3. The summed E-state index contributed by atoms with van der Waals surface area (Å²) < 4.78 is 1.93. The van der Waals surface area contributed by atoms with E-state index in [1.54, 1.807) is 24.5 Å². The van der Waals surface area contributed by atoms with Gasteiger partial charge in [0.1, 0.15) is 12.2 Å². The maximum Gasteiger partial charge on any atom is 0.251 e. The Labute approximate surface area is 152 Å². The largest absolute Gasteiger partial charge is 0.366 e. The van der Waals surface area contributed by atoms with E-state index in [-0.39, 0.29) is 5.91 Å². The highest BCUT2D eigenvalue weighted by molar-refractivity contribution is 5.99. The van der Waals surface area contributed by atoms with E-state index >= 15 is 0 Å². The molecule has 1 unspecified atom stereocenters. The first-order valence-corrected chi connectivity index (χ1v) is 8.76. The van der Waals surface area contributed by atoms with Crippen molar-refractivity contribution < 1.29 is 9.59 Å². The molecular weight excluding hydrogens is 332 g/mol. The Hall–Kier alpha value is -2.74. The minimum absolute atomic E-state index is 0.182. The van der Waals surface area contributed by atoms with Gasteiger partial charge in [0.05, 0.1) is 6.54 Å². The van der Waals surface area contributed by atoms with Crippen molar-refractivity contribution in [1.82, 2.24) is 25.0 Å². The number of aromatic nitrogens is 3. The van der Waals surface area contributed by atoms with Crippen LogP contribution in [-0.2, 0) is 13.6 Å². The number of nitrogens with one attached hydrogen (secondary N) is 1. The molecule has 0 saturated carbocycles. The van der Waals surface area contributed by atoms with Crippen molar-refractivity contribution in [3.05, 3.63) is 47.5 Å². The molecule has 26 heavy (non-hydrogen) atoms. The summed E-state index contributed by atoms with van der Waals surface area (Å²) in [6, 6.07) is 6.48. The minimum Gasteiger partial charge on any atom is -0.366 e. The number of nitrogens with zero attached hydrogens (tertiary/aromatic N) is 4. The first-order chi connectivity index (χ1) is 12.5. The fraction of sp³-hybridized carbons (Fsp3) is 0.444. The molecule has 2 aromatic rings. The van der Waals surface area contributed by atoms with Crippen molar-refractivity contribution in [2.45, 2.75) is 19.4 Å². The van der Waals surface area contributed by atoms with E-state index in [1.165, 1.54) is 6.07 Å². The summed E-state index contributed by atoms with van der Waals surface area (Å²) >= 11 is 0. The average Bonchev–Trinajstić information content (AvgIpc) is 3.05. The lowest BCUT2D eigenvalue weighted by Crippen LogP contribution is -2.41. The molecule has 138 valence electrons. The molecule has 1 aromatic carbocycles. The van der Waals surface area contributed by atoms with Crippen molar-refractivity contribution >= 4 is 11.8 Å². The quantitative estimate of drug-likeness (QED) is 0.786. The van der Waals surface area contributed by atoms with Gasteiger partial charge in [0, 0.05) is 31.3 Å². The lowest BCUT2D eigenvalue weighted by molar-refractivity contribution is 0.0929. The van der Waals surface area contributed by atoms with Crippen LogP contribution in [0, 0.1) is 5.92 Å². The number of primary amides is 1. The van der Waals surface area contributed by atoms with Crippen molar-refractivity contribution in [3.63, 3.8) is 0 Å². The summed E-state index contributed by atoms with van der Waals surface area (Å²) in [6.45, 7) is 3.31. The Balaban J connectivity index is 1.52. The van der Waals surface area contributed by atoms with Gasteiger partial charge >= 0.3 is 0 Å². The molecule has 2 heterocycles. The van der Waals surface area contributed by atoms with Crippen LogP contribution in [0.25, 0.3) is 0 Å². The topological polar surface area (TPSA) is 106 Å². The SMILES string of the molecule is Cn1cnnc1CN1CCCC(CNC(=O)c2cccc(C(N)=O)c2)C1. The highest BCUT2D eigenvalue weighted by atomic mass is 16.2. The van der Waals surface area contributed by atoms with E-state index < -0.39 is 5.91 Å². The molecule has 1 aromatic heterocycles. The Morgan fingerprint density at radius 1 is 1.35 bits per heavy atom. The van der Waals surface area contributed by atoms with Gasteiger partial charge in [-0.1, -0.05) is 6.07 Å². The molecule has 8 nitrogen and oxygen atoms in total. The van der Waals surface area contributed by atoms with Gasteiger partial charge in [0.25, 0.3) is 5.91 Å². The molecule has 3 rings (SSSR count). The van der Waals surface area contributed by atoms with E-state index in [1.807, 2.05) is 11.6 Å². The minimum atomic E-state index is -0.536. The number of likely N-dealkylation sites (tertiary alicyclic amines) is 1.